The molecule has 0 unspecified atom stereocenters. The molecule has 0 aliphatic heterocycles. The SMILES string of the molecule is CNC(=O)c1sc(N(C)Cc2cccnc2)c(SC)c1N. The van der Waals surface area contributed by atoms with E-state index < -0.39 is 0 Å². The first-order valence-electron chi connectivity index (χ1n) is 6.36. The van der Waals surface area contributed by atoms with Gasteiger partial charge in [0.1, 0.15) is 9.88 Å². The number of rotatable bonds is 5. The highest BCUT2D eigenvalue weighted by atomic mass is 32.2. The molecule has 2 heterocycles. The molecule has 0 atom stereocenters. The number of carbonyl (C=O) groups is 1. The summed E-state index contributed by atoms with van der Waals surface area (Å²) in [6.07, 6.45) is 5.56. The molecule has 21 heavy (non-hydrogen) atoms. The van der Waals surface area contributed by atoms with Crippen molar-refractivity contribution in [2.45, 2.75) is 11.4 Å². The highest BCUT2D eigenvalue weighted by Crippen LogP contribution is 2.43. The fraction of sp³-hybridized carbons (Fsp3) is 0.286. The molecule has 0 aliphatic carbocycles. The predicted molar refractivity (Wildman–Crippen MR) is 90.2 cm³/mol. The van der Waals surface area contributed by atoms with Crippen LogP contribution in [0.3, 0.4) is 0 Å². The summed E-state index contributed by atoms with van der Waals surface area (Å²) in [5.41, 5.74) is 7.78. The Bertz CT molecular complexity index is 627. The van der Waals surface area contributed by atoms with E-state index in [0.717, 1.165) is 15.5 Å². The Balaban J connectivity index is 2.32. The third kappa shape index (κ3) is 3.30. The molecule has 0 fully saturated rings. The number of hydrogen-bond donors (Lipinski definition) is 2. The standard InChI is InChI=1S/C14H18N4OS2/c1-16-13(19)11-10(15)12(20-3)14(21-11)18(2)8-9-5-4-6-17-7-9/h4-7H,8,15H2,1-3H3,(H,16,19). The van der Waals surface area contributed by atoms with Gasteiger partial charge in [-0.15, -0.1) is 23.1 Å². The summed E-state index contributed by atoms with van der Waals surface area (Å²) in [5.74, 6) is -0.145. The number of nitrogens with two attached hydrogens (primary N) is 1. The highest BCUT2D eigenvalue weighted by molar-refractivity contribution is 7.99. The summed E-state index contributed by atoms with van der Waals surface area (Å²) in [5, 5.41) is 3.63. The Morgan fingerprint density at radius 2 is 2.33 bits per heavy atom. The van der Waals surface area contributed by atoms with Crippen LogP contribution in [0.5, 0.6) is 0 Å². The van der Waals surface area contributed by atoms with Crippen molar-refractivity contribution in [3.05, 3.63) is 35.0 Å². The highest BCUT2D eigenvalue weighted by Gasteiger charge is 2.22. The molecular formula is C14H18N4OS2. The van der Waals surface area contributed by atoms with Crippen molar-refractivity contribution in [3.8, 4) is 0 Å². The first-order valence-corrected chi connectivity index (χ1v) is 8.41. The Hall–Kier alpha value is -1.73. The lowest BCUT2D eigenvalue weighted by atomic mass is 10.3. The first-order chi connectivity index (χ1) is 10.1. The number of anilines is 2. The Morgan fingerprint density at radius 1 is 1.57 bits per heavy atom. The zero-order valence-corrected chi connectivity index (χ0v) is 13.8. The lowest BCUT2D eigenvalue weighted by Gasteiger charge is -2.18. The molecule has 0 aromatic carbocycles. The van der Waals surface area contributed by atoms with Crippen LogP contribution in [0, 0.1) is 0 Å². The van der Waals surface area contributed by atoms with Gasteiger partial charge in [-0.2, -0.15) is 0 Å². The monoisotopic (exact) mass is 322 g/mol. The lowest BCUT2D eigenvalue weighted by molar-refractivity contribution is 0.0968. The van der Waals surface area contributed by atoms with Gasteiger partial charge >= 0.3 is 0 Å². The molecule has 2 rings (SSSR count). The number of thioether (sulfide) groups is 1. The maximum Gasteiger partial charge on any atom is 0.263 e. The second-order valence-corrected chi connectivity index (χ2v) is 6.30. The van der Waals surface area contributed by atoms with Gasteiger partial charge in [0.15, 0.2) is 0 Å². The van der Waals surface area contributed by atoms with E-state index in [0.29, 0.717) is 17.1 Å². The van der Waals surface area contributed by atoms with Crippen LogP contribution in [0.1, 0.15) is 15.2 Å². The van der Waals surface area contributed by atoms with Crippen LogP contribution in [-0.2, 0) is 6.54 Å². The number of hydrogen-bond acceptors (Lipinski definition) is 6. The van der Waals surface area contributed by atoms with Gasteiger partial charge in [0.2, 0.25) is 0 Å². The average molecular weight is 322 g/mol. The molecule has 0 spiro atoms. The van der Waals surface area contributed by atoms with Crippen molar-refractivity contribution < 1.29 is 4.79 Å². The Kier molecular flexibility index (Phi) is 5.08. The fourth-order valence-corrected chi connectivity index (χ4v) is 4.10. The summed E-state index contributed by atoms with van der Waals surface area (Å²) in [6.45, 7) is 0.717. The van der Waals surface area contributed by atoms with Crippen LogP contribution in [-0.4, -0.2) is 31.2 Å². The molecule has 2 aromatic rings. The molecule has 0 aliphatic rings. The number of pyridine rings is 1. The smallest absolute Gasteiger partial charge is 0.263 e. The van der Waals surface area contributed by atoms with E-state index in [2.05, 4.69) is 15.2 Å². The Morgan fingerprint density at radius 3 is 2.90 bits per heavy atom. The Labute approximate surface area is 132 Å². The van der Waals surface area contributed by atoms with Crippen LogP contribution in [0.4, 0.5) is 10.7 Å². The summed E-state index contributed by atoms with van der Waals surface area (Å²) in [6, 6.07) is 3.94. The van der Waals surface area contributed by atoms with Crippen molar-refractivity contribution in [1.82, 2.24) is 10.3 Å². The zero-order chi connectivity index (χ0) is 15.4. The maximum absolute atomic E-state index is 11.9. The van der Waals surface area contributed by atoms with Gasteiger partial charge in [0.25, 0.3) is 5.91 Å². The molecule has 2 aromatic heterocycles. The minimum absolute atomic E-state index is 0.145. The average Bonchev–Trinajstić information content (AvgIpc) is 2.84. The van der Waals surface area contributed by atoms with Crippen molar-refractivity contribution in [2.24, 2.45) is 0 Å². The predicted octanol–water partition coefficient (Wildman–Crippen LogP) is 2.44. The van der Waals surface area contributed by atoms with Crippen LogP contribution >= 0.6 is 23.1 Å². The largest absolute Gasteiger partial charge is 0.396 e. The number of nitrogen functional groups attached to an aromatic ring is 1. The van der Waals surface area contributed by atoms with Crippen LogP contribution in [0.25, 0.3) is 0 Å². The number of aromatic nitrogens is 1. The van der Waals surface area contributed by atoms with Crippen molar-refractivity contribution >= 4 is 39.7 Å². The lowest BCUT2D eigenvalue weighted by Crippen LogP contribution is -2.17. The summed E-state index contributed by atoms with van der Waals surface area (Å²) < 4.78 is 0. The van der Waals surface area contributed by atoms with Gasteiger partial charge in [-0.1, -0.05) is 6.07 Å². The van der Waals surface area contributed by atoms with Gasteiger partial charge in [0, 0.05) is 33.0 Å². The van der Waals surface area contributed by atoms with E-state index in [-0.39, 0.29) is 5.91 Å². The molecule has 0 radical (unpaired) electrons. The van der Waals surface area contributed by atoms with E-state index in [4.69, 9.17) is 5.73 Å². The van der Waals surface area contributed by atoms with E-state index in [1.165, 1.54) is 11.3 Å². The maximum atomic E-state index is 11.9. The molecule has 3 N–H and O–H groups in total. The minimum atomic E-state index is -0.145. The third-order valence-corrected chi connectivity index (χ3v) is 5.28. The van der Waals surface area contributed by atoms with E-state index in [9.17, 15) is 4.79 Å². The van der Waals surface area contributed by atoms with Gasteiger partial charge in [-0.3, -0.25) is 9.78 Å². The van der Waals surface area contributed by atoms with Crippen LogP contribution < -0.4 is 16.0 Å². The van der Waals surface area contributed by atoms with Gasteiger partial charge in [0.05, 0.1) is 10.6 Å². The molecule has 112 valence electrons. The topological polar surface area (TPSA) is 71.2 Å². The molecule has 0 saturated carbocycles. The van der Waals surface area contributed by atoms with Crippen molar-refractivity contribution in [2.75, 3.05) is 31.0 Å². The van der Waals surface area contributed by atoms with E-state index >= 15 is 0 Å². The summed E-state index contributed by atoms with van der Waals surface area (Å²) >= 11 is 2.98. The zero-order valence-electron chi connectivity index (χ0n) is 12.2. The van der Waals surface area contributed by atoms with Gasteiger partial charge in [-0.05, 0) is 17.9 Å². The number of nitrogens with one attached hydrogen (secondary N) is 1. The second-order valence-electron chi connectivity index (χ2n) is 4.48. The van der Waals surface area contributed by atoms with Gasteiger partial charge < -0.3 is 16.0 Å². The van der Waals surface area contributed by atoms with Crippen molar-refractivity contribution in [1.29, 1.82) is 0 Å². The van der Waals surface area contributed by atoms with E-state index in [1.807, 2.05) is 31.6 Å². The first kappa shape index (κ1) is 15.7. The molecule has 0 saturated heterocycles. The summed E-state index contributed by atoms with van der Waals surface area (Å²) in [7, 11) is 3.60. The number of amides is 1. The number of carbonyl (C=O) groups excluding carboxylic acids is 1. The third-order valence-electron chi connectivity index (χ3n) is 3.01. The molecule has 7 heteroatoms. The normalized spacial score (nSPS) is 10.4. The van der Waals surface area contributed by atoms with Crippen LogP contribution in [0.2, 0.25) is 0 Å². The number of nitrogens with zero attached hydrogens (tertiary/aromatic N) is 2. The molecule has 0 bridgehead atoms. The molecular weight excluding hydrogens is 304 g/mol. The fourth-order valence-electron chi connectivity index (χ4n) is 1.98. The second kappa shape index (κ2) is 6.82. The quantitative estimate of drug-likeness (QED) is 0.827. The molecule has 1 amide bonds. The molecule has 5 nitrogen and oxygen atoms in total. The minimum Gasteiger partial charge on any atom is -0.396 e. The number of thiophene rings is 1. The van der Waals surface area contributed by atoms with Crippen LogP contribution in [0.15, 0.2) is 29.4 Å². The van der Waals surface area contributed by atoms with E-state index in [1.54, 1.807) is 25.0 Å². The van der Waals surface area contributed by atoms with Crippen molar-refractivity contribution in [3.63, 3.8) is 0 Å². The summed E-state index contributed by atoms with van der Waals surface area (Å²) in [4.78, 5) is 19.6. The van der Waals surface area contributed by atoms with Gasteiger partial charge in [-0.25, -0.2) is 0 Å².